The number of rotatable bonds is 3. The smallest absolute Gasteiger partial charge is 0.245 e. The molecule has 0 amide bonds. The van der Waals surface area contributed by atoms with Gasteiger partial charge in [-0.15, -0.1) is 0 Å². The number of nitrogens with zero attached hydrogens (tertiary/aromatic N) is 2. The number of carbonyl (C=O) groups excluding carboxylic acids is 2. The predicted molar refractivity (Wildman–Crippen MR) is 102 cm³/mol. The molecule has 3 aromatic rings. The van der Waals surface area contributed by atoms with Crippen LogP contribution in [0.1, 0.15) is 9.59 Å². The Morgan fingerprint density at radius 1 is 1.00 bits per heavy atom. The van der Waals surface area contributed by atoms with Gasteiger partial charge in [-0.1, -0.05) is 23.7 Å². The molecule has 0 N–H and O–H groups in total. The number of halogens is 1. The summed E-state index contributed by atoms with van der Waals surface area (Å²) in [4.78, 5) is 25.1. The molecule has 7 heteroatoms. The Morgan fingerprint density at radius 3 is 2.29 bits per heavy atom. The molecule has 0 atom stereocenters. The number of benzene rings is 2. The van der Waals surface area contributed by atoms with E-state index in [0.29, 0.717) is 27.4 Å². The first kappa shape index (κ1) is 17.1. The zero-order valence-corrected chi connectivity index (χ0v) is 15.1. The van der Waals surface area contributed by atoms with E-state index in [9.17, 15) is 9.59 Å². The van der Waals surface area contributed by atoms with Crippen molar-refractivity contribution < 1.29 is 14.2 Å². The fourth-order valence-electron chi connectivity index (χ4n) is 2.67. The van der Waals surface area contributed by atoms with E-state index in [0.717, 1.165) is 0 Å². The Bertz CT molecular complexity index is 883. The summed E-state index contributed by atoms with van der Waals surface area (Å²) in [6.07, 6.45) is 0. The average molecular weight is 378 g/mol. The molecule has 0 bridgehead atoms. The van der Waals surface area contributed by atoms with E-state index >= 15 is 0 Å². The molecule has 1 aromatic heterocycles. The monoisotopic (exact) mass is 377 g/mol. The van der Waals surface area contributed by atoms with Crippen molar-refractivity contribution in [1.29, 1.82) is 0 Å². The van der Waals surface area contributed by atoms with Crippen LogP contribution in [0.2, 0.25) is 5.02 Å². The van der Waals surface area contributed by atoms with Gasteiger partial charge in [0, 0.05) is 5.02 Å². The van der Waals surface area contributed by atoms with Crippen LogP contribution in [0.25, 0.3) is 22.4 Å². The average Bonchev–Trinajstić information content (AvgIpc) is 2.96. The van der Waals surface area contributed by atoms with Gasteiger partial charge in [-0.3, -0.25) is 0 Å². The molecule has 0 saturated heterocycles. The van der Waals surface area contributed by atoms with Gasteiger partial charge in [-0.25, -0.2) is 9.59 Å². The molecule has 4 nitrogen and oxygen atoms in total. The van der Waals surface area contributed by atoms with E-state index in [2.05, 4.69) is 25.3 Å². The Balaban J connectivity index is 2.45. The highest BCUT2D eigenvalue weighted by Gasteiger charge is 2.33. The molecule has 0 aliphatic rings. The molecule has 0 saturated carbocycles. The highest BCUT2D eigenvalue weighted by molar-refractivity contribution is 7.81. The topological polar surface area (TPSA) is 43.0 Å². The van der Waals surface area contributed by atoms with Gasteiger partial charge in [0.25, 0.3) is 0 Å². The van der Waals surface area contributed by atoms with Crippen molar-refractivity contribution in [3.05, 3.63) is 53.6 Å². The van der Waals surface area contributed by atoms with E-state index in [4.69, 9.17) is 11.6 Å². The maximum absolute atomic E-state index is 12.5. The van der Waals surface area contributed by atoms with Gasteiger partial charge in [-0.05, 0) is 36.4 Å². The molecule has 0 spiro atoms. The number of fused-ring (bicyclic) bond motifs is 1. The van der Waals surface area contributed by atoms with E-state index in [1.807, 2.05) is 12.1 Å². The minimum atomic E-state index is -0.217. The molecule has 0 fully saturated rings. The molecule has 0 aliphatic carbocycles. The number of aromatic nitrogens is 2. The SMILES string of the molecule is O=C(CS)n1c(-c2ccc(Cl)cc2)[n+](C(=O)CS)c2ccccc21. The van der Waals surface area contributed by atoms with Crippen molar-refractivity contribution in [2.24, 2.45) is 0 Å². The van der Waals surface area contributed by atoms with Crippen LogP contribution >= 0.6 is 36.9 Å². The summed E-state index contributed by atoms with van der Waals surface area (Å²) in [6, 6.07) is 14.3. The van der Waals surface area contributed by atoms with Crippen molar-refractivity contribution in [2.75, 3.05) is 11.5 Å². The fraction of sp³-hybridized carbons (Fsp3) is 0.118. The molecule has 0 unspecified atom stereocenters. The Hall–Kier alpha value is -1.76. The molecular formula is C17H14ClN2O2S2+. The molecule has 0 aliphatic heterocycles. The summed E-state index contributed by atoms with van der Waals surface area (Å²) in [6.45, 7) is 0. The van der Waals surface area contributed by atoms with Crippen LogP contribution < -0.4 is 4.57 Å². The van der Waals surface area contributed by atoms with E-state index in [-0.39, 0.29) is 23.3 Å². The fourth-order valence-corrected chi connectivity index (χ4v) is 3.08. The van der Waals surface area contributed by atoms with Gasteiger partial charge in [-0.2, -0.15) is 34.4 Å². The third-order valence-electron chi connectivity index (χ3n) is 3.66. The lowest BCUT2D eigenvalue weighted by atomic mass is 10.2. The van der Waals surface area contributed by atoms with Crippen LogP contribution in [0.4, 0.5) is 0 Å². The third-order valence-corrected chi connectivity index (χ3v) is 4.45. The Morgan fingerprint density at radius 2 is 1.67 bits per heavy atom. The number of carbonyl (C=O) groups is 2. The number of imidazole rings is 1. The first-order chi connectivity index (χ1) is 11.6. The van der Waals surface area contributed by atoms with Crippen molar-refractivity contribution in [3.63, 3.8) is 0 Å². The normalized spacial score (nSPS) is 11.0. The summed E-state index contributed by atoms with van der Waals surface area (Å²) in [5, 5.41) is 0.578. The Labute approximate surface area is 154 Å². The van der Waals surface area contributed by atoms with Gasteiger partial charge in [0.2, 0.25) is 0 Å². The first-order valence-electron chi connectivity index (χ1n) is 7.18. The zero-order chi connectivity index (χ0) is 17.3. The van der Waals surface area contributed by atoms with Gasteiger partial charge >= 0.3 is 17.6 Å². The number of hydrogen-bond donors (Lipinski definition) is 2. The van der Waals surface area contributed by atoms with E-state index in [1.165, 1.54) is 9.13 Å². The second-order valence-electron chi connectivity index (χ2n) is 5.09. The van der Waals surface area contributed by atoms with Gasteiger partial charge in [0.15, 0.2) is 11.0 Å². The summed E-state index contributed by atoms with van der Waals surface area (Å²) in [7, 11) is 0. The van der Waals surface area contributed by atoms with Crippen molar-refractivity contribution in [1.82, 2.24) is 4.57 Å². The zero-order valence-electron chi connectivity index (χ0n) is 12.5. The second-order valence-corrected chi connectivity index (χ2v) is 6.16. The number of para-hydroxylation sites is 2. The highest BCUT2D eigenvalue weighted by atomic mass is 35.5. The summed E-state index contributed by atoms with van der Waals surface area (Å²) in [5.74, 6) is 0.0872. The standard InChI is InChI=1S/C17H13ClN2O2S2/c18-12-7-5-11(6-8-12)17-19(15(21)9-23)13-3-1-2-4-14(13)20(17)16(22)10-24/h1-8H,9-10H2,(H-,23,24)/p+1. The third kappa shape index (κ3) is 2.85. The Kier molecular flexibility index (Phi) is 4.99. The highest BCUT2D eigenvalue weighted by Crippen LogP contribution is 2.25. The molecule has 24 heavy (non-hydrogen) atoms. The molecule has 2 aromatic carbocycles. The summed E-state index contributed by atoms with van der Waals surface area (Å²) >= 11 is 14.2. The van der Waals surface area contributed by atoms with Crippen LogP contribution in [0, 0.1) is 0 Å². The van der Waals surface area contributed by atoms with Crippen LogP contribution in [0.3, 0.4) is 0 Å². The lowest BCUT2D eigenvalue weighted by Crippen LogP contribution is -2.45. The quantitative estimate of drug-likeness (QED) is 0.542. The van der Waals surface area contributed by atoms with E-state index < -0.39 is 0 Å². The summed E-state index contributed by atoms with van der Waals surface area (Å²) in [5.41, 5.74) is 2.01. The van der Waals surface area contributed by atoms with Crippen LogP contribution in [-0.2, 0) is 0 Å². The summed E-state index contributed by atoms with van der Waals surface area (Å²) < 4.78 is 3.04. The predicted octanol–water partition coefficient (Wildman–Crippen LogP) is 3.39. The maximum Gasteiger partial charge on any atom is 0.324 e. The molecule has 122 valence electrons. The molecule has 1 heterocycles. The van der Waals surface area contributed by atoms with Gasteiger partial charge in [0.1, 0.15) is 0 Å². The lowest BCUT2D eigenvalue weighted by Gasteiger charge is -2.02. The first-order valence-corrected chi connectivity index (χ1v) is 8.82. The molecular weight excluding hydrogens is 364 g/mol. The number of hydrogen-bond acceptors (Lipinski definition) is 4. The van der Waals surface area contributed by atoms with Crippen LogP contribution in [-0.4, -0.2) is 27.9 Å². The van der Waals surface area contributed by atoms with Crippen molar-refractivity contribution in [3.8, 4) is 11.4 Å². The molecule has 3 rings (SSSR count). The van der Waals surface area contributed by atoms with Crippen LogP contribution in [0.5, 0.6) is 0 Å². The van der Waals surface area contributed by atoms with Crippen LogP contribution in [0.15, 0.2) is 48.5 Å². The molecule has 0 radical (unpaired) electrons. The minimum absolute atomic E-state index is 0.0222. The largest absolute Gasteiger partial charge is 0.324 e. The second kappa shape index (κ2) is 7.01. The van der Waals surface area contributed by atoms with Crippen molar-refractivity contribution in [2.45, 2.75) is 0 Å². The van der Waals surface area contributed by atoms with E-state index in [1.54, 1.807) is 36.4 Å². The number of thiol groups is 2. The van der Waals surface area contributed by atoms with Gasteiger partial charge < -0.3 is 0 Å². The minimum Gasteiger partial charge on any atom is -0.245 e. The maximum atomic E-state index is 12.5. The van der Waals surface area contributed by atoms with Gasteiger partial charge in [0.05, 0.1) is 17.1 Å². The lowest BCUT2D eigenvalue weighted by molar-refractivity contribution is -0.532. The van der Waals surface area contributed by atoms with Crippen molar-refractivity contribution >= 4 is 59.7 Å².